The van der Waals surface area contributed by atoms with Gasteiger partial charge in [0.2, 0.25) is 0 Å². The highest BCUT2D eigenvalue weighted by Crippen LogP contribution is 2.20. The summed E-state index contributed by atoms with van der Waals surface area (Å²) in [6, 6.07) is 6.97. The second kappa shape index (κ2) is 6.03. The standard InChI is InChI=1S/C15H13ClN4O2/c1-10-8-20-7-3-5-12(15(20)18-10)22-9-13(21)19-11-4-2-6-17-14(11)16/h2-8H,9H2,1H3,(H,19,21). The van der Waals surface area contributed by atoms with Crippen molar-refractivity contribution in [3.8, 4) is 5.75 Å². The van der Waals surface area contributed by atoms with E-state index in [9.17, 15) is 4.79 Å². The summed E-state index contributed by atoms with van der Waals surface area (Å²) in [4.78, 5) is 20.2. The summed E-state index contributed by atoms with van der Waals surface area (Å²) >= 11 is 5.89. The molecule has 0 aliphatic rings. The van der Waals surface area contributed by atoms with Crippen molar-refractivity contribution < 1.29 is 9.53 Å². The molecule has 3 aromatic heterocycles. The second-order valence-electron chi connectivity index (χ2n) is 4.66. The Morgan fingerprint density at radius 3 is 3.09 bits per heavy atom. The number of imidazole rings is 1. The molecule has 0 saturated carbocycles. The maximum atomic E-state index is 11.9. The molecule has 7 heteroatoms. The van der Waals surface area contributed by atoms with Crippen molar-refractivity contribution in [2.45, 2.75) is 6.92 Å². The average molecular weight is 317 g/mol. The first-order valence-corrected chi connectivity index (χ1v) is 6.99. The zero-order chi connectivity index (χ0) is 15.5. The number of amides is 1. The number of nitrogens with zero attached hydrogens (tertiary/aromatic N) is 3. The predicted octanol–water partition coefficient (Wildman–Crippen LogP) is 2.71. The summed E-state index contributed by atoms with van der Waals surface area (Å²) in [5.74, 6) is 0.225. The number of pyridine rings is 2. The van der Waals surface area contributed by atoms with Crippen molar-refractivity contribution in [1.82, 2.24) is 14.4 Å². The van der Waals surface area contributed by atoms with Crippen molar-refractivity contribution in [3.63, 3.8) is 0 Å². The Kier molecular flexibility index (Phi) is 3.93. The quantitative estimate of drug-likeness (QED) is 0.751. The van der Waals surface area contributed by atoms with Crippen LogP contribution in [0.1, 0.15) is 5.69 Å². The summed E-state index contributed by atoms with van der Waals surface area (Å²) in [5.41, 5.74) is 2.00. The number of hydrogen-bond donors (Lipinski definition) is 1. The molecule has 0 fully saturated rings. The molecule has 112 valence electrons. The lowest BCUT2D eigenvalue weighted by molar-refractivity contribution is -0.118. The van der Waals surface area contributed by atoms with Gasteiger partial charge in [-0.15, -0.1) is 0 Å². The summed E-state index contributed by atoms with van der Waals surface area (Å²) in [6.45, 7) is 1.75. The number of halogens is 1. The molecule has 0 bridgehead atoms. The number of rotatable bonds is 4. The largest absolute Gasteiger partial charge is 0.480 e. The summed E-state index contributed by atoms with van der Waals surface area (Å²) in [5, 5.41) is 2.89. The number of fused-ring (bicyclic) bond motifs is 1. The molecule has 1 amide bonds. The van der Waals surface area contributed by atoms with Crippen LogP contribution in [0.25, 0.3) is 5.65 Å². The van der Waals surface area contributed by atoms with Gasteiger partial charge >= 0.3 is 0 Å². The van der Waals surface area contributed by atoms with Gasteiger partial charge in [-0.2, -0.15) is 0 Å². The molecule has 0 aromatic carbocycles. The number of anilines is 1. The van der Waals surface area contributed by atoms with Gasteiger partial charge in [0.05, 0.1) is 11.4 Å². The summed E-state index contributed by atoms with van der Waals surface area (Å²) in [7, 11) is 0. The highest BCUT2D eigenvalue weighted by molar-refractivity contribution is 6.32. The van der Waals surface area contributed by atoms with Crippen molar-refractivity contribution in [2.75, 3.05) is 11.9 Å². The highest BCUT2D eigenvalue weighted by atomic mass is 35.5. The molecule has 0 aliphatic heterocycles. The van der Waals surface area contributed by atoms with Gasteiger partial charge in [-0.25, -0.2) is 9.97 Å². The van der Waals surface area contributed by atoms with E-state index in [2.05, 4.69) is 15.3 Å². The Balaban J connectivity index is 1.69. The fourth-order valence-electron chi connectivity index (χ4n) is 2.03. The third-order valence-electron chi connectivity index (χ3n) is 2.96. The van der Waals surface area contributed by atoms with Crippen LogP contribution in [-0.2, 0) is 4.79 Å². The summed E-state index contributed by atoms with van der Waals surface area (Å²) in [6.07, 6.45) is 5.31. The first kappa shape index (κ1) is 14.3. The highest BCUT2D eigenvalue weighted by Gasteiger charge is 2.10. The van der Waals surface area contributed by atoms with E-state index in [1.807, 2.05) is 29.8 Å². The Hall–Kier alpha value is -2.60. The molecule has 1 N–H and O–H groups in total. The minimum atomic E-state index is -0.319. The molecule has 3 heterocycles. The zero-order valence-electron chi connectivity index (χ0n) is 11.8. The normalized spacial score (nSPS) is 10.6. The fraction of sp³-hybridized carbons (Fsp3) is 0.133. The maximum absolute atomic E-state index is 11.9. The van der Waals surface area contributed by atoms with Crippen LogP contribution in [0.3, 0.4) is 0 Å². The van der Waals surface area contributed by atoms with Crippen LogP contribution in [-0.4, -0.2) is 26.9 Å². The molecule has 0 radical (unpaired) electrons. The molecule has 3 rings (SSSR count). The van der Waals surface area contributed by atoms with Gasteiger partial charge < -0.3 is 14.5 Å². The van der Waals surface area contributed by atoms with E-state index in [0.717, 1.165) is 5.69 Å². The monoisotopic (exact) mass is 316 g/mol. The van der Waals surface area contributed by atoms with E-state index in [1.54, 1.807) is 24.4 Å². The molecular weight excluding hydrogens is 304 g/mol. The van der Waals surface area contributed by atoms with E-state index in [1.165, 1.54) is 0 Å². The Labute approximate surface area is 131 Å². The number of ether oxygens (including phenoxy) is 1. The Bertz CT molecular complexity index is 831. The van der Waals surface area contributed by atoms with Crippen molar-refractivity contribution in [3.05, 3.63) is 53.7 Å². The van der Waals surface area contributed by atoms with Crippen LogP contribution in [0.15, 0.2) is 42.9 Å². The van der Waals surface area contributed by atoms with Crippen LogP contribution in [0.5, 0.6) is 5.75 Å². The Morgan fingerprint density at radius 2 is 2.27 bits per heavy atom. The lowest BCUT2D eigenvalue weighted by Gasteiger charge is -2.08. The van der Waals surface area contributed by atoms with Crippen LogP contribution in [0.4, 0.5) is 5.69 Å². The molecule has 0 aliphatic carbocycles. The number of hydrogen-bond acceptors (Lipinski definition) is 4. The minimum absolute atomic E-state index is 0.142. The SMILES string of the molecule is Cc1cn2cccc(OCC(=O)Nc3cccnc3Cl)c2n1. The number of aryl methyl sites for hydroxylation is 1. The van der Waals surface area contributed by atoms with Crippen LogP contribution in [0, 0.1) is 6.92 Å². The topological polar surface area (TPSA) is 68.5 Å². The van der Waals surface area contributed by atoms with E-state index >= 15 is 0 Å². The molecule has 22 heavy (non-hydrogen) atoms. The van der Waals surface area contributed by atoms with Gasteiger partial charge in [0, 0.05) is 18.6 Å². The third kappa shape index (κ3) is 3.01. The van der Waals surface area contributed by atoms with E-state index in [4.69, 9.17) is 16.3 Å². The van der Waals surface area contributed by atoms with Crippen molar-refractivity contribution in [2.24, 2.45) is 0 Å². The average Bonchev–Trinajstić information content (AvgIpc) is 2.88. The molecule has 0 unspecified atom stereocenters. The van der Waals surface area contributed by atoms with Gasteiger partial charge in [-0.3, -0.25) is 4.79 Å². The van der Waals surface area contributed by atoms with Crippen LogP contribution >= 0.6 is 11.6 Å². The van der Waals surface area contributed by atoms with Crippen LogP contribution in [0.2, 0.25) is 5.15 Å². The van der Waals surface area contributed by atoms with Gasteiger partial charge in [-0.05, 0) is 31.2 Å². The zero-order valence-corrected chi connectivity index (χ0v) is 12.5. The lowest BCUT2D eigenvalue weighted by Crippen LogP contribution is -2.20. The Morgan fingerprint density at radius 1 is 1.41 bits per heavy atom. The lowest BCUT2D eigenvalue weighted by atomic mass is 10.4. The molecule has 0 saturated heterocycles. The molecule has 3 aromatic rings. The van der Waals surface area contributed by atoms with E-state index < -0.39 is 0 Å². The molecule has 0 spiro atoms. The molecule has 6 nitrogen and oxygen atoms in total. The predicted molar refractivity (Wildman–Crippen MR) is 83.3 cm³/mol. The fourth-order valence-corrected chi connectivity index (χ4v) is 2.20. The van der Waals surface area contributed by atoms with Gasteiger partial charge in [-0.1, -0.05) is 11.6 Å². The minimum Gasteiger partial charge on any atom is -0.480 e. The maximum Gasteiger partial charge on any atom is 0.262 e. The van der Waals surface area contributed by atoms with Crippen molar-refractivity contribution in [1.29, 1.82) is 0 Å². The second-order valence-corrected chi connectivity index (χ2v) is 5.02. The first-order chi connectivity index (χ1) is 10.6. The number of nitrogens with one attached hydrogen (secondary N) is 1. The smallest absolute Gasteiger partial charge is 0.262 e. The van der Waals surface area contributed by atoms with Crippen molar-refractivity contribution >= 4 is 28.8 Å². The number of aromatic nitrogens is 3. The van der Waals surface area contributed by atoms with E-state index in [0.29, 0.717) is 17.1 Å². The molecule has 0 atom stereocenters. The van der Waals surface area contributed by atoms with Gasteiger partial charge in [0.1, 0.15) is 0 Å². The van der Waals surface area contributed by atoms with Gasteiger partial charge in [0.15, 0.2) is 23.2 Å². The van der Waals surface area contributed by atoms with E-state index in [-0.39, 0.29) is 17.7 Å². The third-order valence-corrected chi connectivity index (χ3v) is 3.26. The first-order valence-electron chi connectivity index (χ1n) is 6.61. The van der Waals surface area contributed by atoms with Crippen LogP contribution < -0.4 is 10.1 Å². The number of carbonyl (C=O) groups excluding carboxylic acids is 1. The number of carbonyl (C=O) groups is 1. The van der Waals surface area contributed by atoms with Gasteiger partial charge in [0.25, 0.3) is 5.91 Å². The molecular formula is C15H13ClN4O2. The summed E-state index contributed by atoms with van der Waals surface area (Å²) < 4.78 is 7.40.